The van der Waals surface area contributed by atoms with Crippen LogP contribution in [-0.4, -0.2) is 19.9 Å². The van der Waals surface area contributed by atoms with E-state index in [2.05, 4.69) is 19.9 Å². The number of nitrogens with zero attached hydrogens (tertiary/aromatic N) is 6. The Morgan fingerprint density at radius 1 is 0.625 bits per heavy atom. The molecule has 6 nitrogen and oxygen atoms in total. The van der Waals surface area contributed by atoms with Gasteiger partial charge in [-0.1, -0.05) is 0 Å². The lowest BCUT2D eigenvalue weighted by atomic mass is 10.1. The van der Waals surface area contributed by atoms with Crippen molar-refractivity contribution in [3.8, 4) is 12.1 Å². The molecule has 8 heteroatoms. The number of rotatable bonds is 0. The molecule has 0 atom stereocenters. The zero-order valence-corrected chi connectivity index (χ0v) is 11.7. The van der Waals surface area contributed by atoms with Crippen LogP contribution in [0.1, 0.15) is 11.1 Å². The summed E-state index contributed by atoms with van der Waals surface area (Å²) in [6, 6.07) is 8.55. The lowest BCUT2D eigenvalue weighted by Crippen LogP contribution is -1.97. The van der Waals surface area contributed by atoms with Gasteiger partial charge in [-0.3, -0.25) is 0 Å². The lowest BCUT2D eigenvalue weighted by molar-refractivity contribution is 0.510. The molecule has 0 fully saturated rings. The number of aromatic nitrogens is 4. The van der Waals surface area contributed by atoms with E-state index in [1.165, 1.54) is 12.1 Å². The van der Waals surface area contributed by atoms with Crippen LogP contribution in [-0.2, 0) is 0 Å². The van der Waals surface area contributed by atoms with Crippen LogP contribution in [0, 0.1) is 34.3 Å². The van der Waals surface area contributed by atoms with E-state index in [4.69, 9.17) is 10.5 Å². The molecular weight excluding hydrogens is 314 g/mol. The minimum atomic E-state index is -1.03. The number of halogens is 2. The van der Waals surface area contributed by atoms with Gasteiger partial charge in [-0.2, -0.15) is 10.5 Å². The Morgan fingerprint density at radius 2 is 0.958 bits per heavy atom. The number of fused-ring (bicyclic) bond motifs is 3. The van der Waals surface area contributed by atoms with Crippen LogP contribution >= 0.6 is 0 Å². The third-order valence-corrected chi connectivity index (χ3v) is 3.48. The van der Waals surface area contributed by atoms with Crippen LogP contribution in [0.15, 0.2) is 24.3 Å². The molecule has 0 aliphatic carbocycles. The molecule has 0 amide bonds. The third-order valence-electron chi connectivity index (χ3n) is 3.48. The van der Waals surface area contributed by atoms with Gasteiger partial charge >= 0.3 is 0 Å². The molecule has 0 aliphatic heterocycles. The average Bonchev–Trinajstić information content (AvgIpc) is 2.58. The summed E-state index contributed by atoms with van der Waals surface area (Å²) in [5, 5.41) is 18.1. The molecule has 0 saturated carbocycles. The van der Waals surface area contributed by atoms with Gasteiger partial charge in [0.1, 0.15) is 12.1 Å². The fourth-order valence-corrected chi connectivity index (χ4v) is 2.35. The molecule has 2 heterocycles. The van der Waals surface area contributed by atoms with E-state index in [0.29, 0.717) is 11.0 Å². The molecule has 0 spiro atoms. The second kappa shape index (κ2) is 4.86. The highest BCUT2D eigenvalue weighted by atomic mass is 19.2. The average molecular weight is 318 g/mol. The maximum Gasteiger partial charge on any atom is 0.199 e. The first-order valence-corrected chi connectivity index (χ1v) is 6.67. The minimum Gasteiger partial charge on any atom is -0.224 e. The van der Waals surface area contributed by atoms with Crippen molar-refractivity contribution in [1.82, 2.24) is 19.9 Å². The van der Waals surface area contributed by atoms with E-state index >= 15 is 0 Å². The van der Waals surface area contributed by atoms with Crippen molar-refractivity contribution < 1.29 is 8.78 Å². The smallest absolute Gasteiger partial charge is 0.199 e. The summed E-state index contributed by atoms with van der Waals surface area (Å²) >= 11 is 0. The topological polar surface area (TPSA) is 99.1 Å². The summed E-state index contributed by atoms with van der Waals surface area (Å²) in [5.41, 5.74) is 1.60. The third kappa shape index (κ3) is 1.98. The van der Waals surface area contributed by atoms with E-state index in [-0.39, 0.29) is 33.5 Å². The molecule has 24 heavy (non-hydrogen) atoms. The first-order chi connectivity index (χ1) is 11.6. The fourth-order valence-electron chi connectivity index (χ4n) is 2.35. The van der Waals surface area contributed by atoms with Crippen LogP contribution in [0.3, 0.4) is 0 Å². The molecule has 0 saturated heterocycles. The van der Waals surface area contributed by atoms with Crippen LogP contribution < -0.4 is 0 Å². The van der Waals surface area contributed by atoms with Gasteiger partial charge in [-0.25, -0.2) is 28.7 Å². The Labute approximate surface area is 132 Å². The fraction of sp³-hybridized carbons (Fsp3) is 0. The van der Waals surface area contributed by atoms with E-state index < -0.39 is 11.6 Å². The van der Waals surface area contributed by atoms with Gasteiger partial charge in [-0.15, -0.1) is 0 Å². The number of benzene rings is 2. The molecule has 4 rings (SSSR count). The van der Waals surface area contributed by atoms with Gasteiger partial charge in [0.05, 0.1) is 33.2 Å². The highest BCUT2D eigenvalue weighted by Crippen LogP contribution is 2.21. The van der Waals surface area contributed by atoms with Crippen molar-refractivity contribution in [3.63, 3.8) is 0 Å². The Bertz CT molecular complexity index is 1160. The van der Waals surface area contributed by atoms with E-state index in [1.54, 1.807) is 0 Å². The standard InChI is InChI=1S/C16H4F2N6/c17-9-3-13-14(4-10(9)18)24-16-15(23-13)21-11-1-7(5-19)8(6-20)2-12(11)22-16/h1-4H. The Balaban J connectivity index is 2.10. The quantitative estimate of drug-likeness (QED) is 0.462. The van der Waals surface area contributed by atoms with Gasteiger partial charge in [0.2, 0.25) is 0 Å². The minimum absolute atomic E-state index is 0.134. The van der Waals surface area contributed by atoms with Crippen LogP contribution in [0.2, 0.25) is 0 Å². The van der Waals surface area contributed by atoms with Crippen LogP contribution in [0.4, 0.5) is 8.78 Å². The molecule has 112 valence electrons. The zero-order chi connectivity index (χ0) is 16.8. The molecule has 0 unspecified atom stereocenters. The van der Waals surface area contributed by atoms with Gasteiger partial charge in [0.25, 0.3) is 0 Å². The highest BCUT2D eigenvalue weighted by Gasteiger charge is 2.12. The summed E-state index contributed by atoms with van der Waals surface area (Å²) in [6.45, 7) is 0. The summed E-state index contributed by atoms with van der Waals surface area (Å²) in [7, 11) is 0. The number of hydrogen-bond acceptors (Lipinski definition) is 6. The first kappa shape index (κ1) is 13.9. The zero-order valence-electron chi connectivity index (χ0n) is 11.7. The van der Waals surface area contributed by atoms with Gasteiger partial charge < -0.3 is 0 Å². The van der Waals surface area contributed by atoms with Crippen molar-refractivity contribution >= 4 is 33.4 Å². The lowest BCUT2D eigenvalue weighted by Gasteiger charge is -2.04. The van der Waals surface area contributed by atoms with E-state index in [1.807, 2.05) is 12.1 Å². The molecule has 4 aromatic rings. The molecule has 0 radical (unpaired) electrons. The predicted molar refractivity (Wildman–Crippen MR) is 79.5 cm³/mol. The van der Waals surface area contributed by atoms with E-state index in [0.717, 1.165) is 12.1 Å². The monoisotopic (exact) mass is 318 g/mol. The molecule has 0 aliphatic rings. The molecule has 2 aromatic carbocycles. The summed E-state index contributed by atoms with van der Waals surface area (Å²) in [6.07, 6.45) is 0. The molecular formula is C16H4F2N6. The summed E-state index contributed by atoms with van der Waals surface area (Å²) in [4.78, 5) is 16.8. The van der Waals surface area contributed by atoms with Crippen molar-refractivity contribution in [2.75, 3.05) is 0 Å². The summed E-state index contributed by atoms with van der Waals surface area (Å²) < 4.78 is 26.7. The van der Waals surface area contributed by atoms with Gasteiger partial charge in [0, 0.05) is 12.1 Å². The Hall–Kier alpha value is -3.78. The Kier molecular flexibility index (Phi) is 2.81. The van der Waals surface area contributed by atoms with Crippen molar-refractivity contribution in [1.29, 1.82) is 10.5 Å². The number of hydrogen-bond donors (Lipinski definition) is 0. The van der Waals surface area contributed by atoms with Gasteiger partial charge in [-0.05, 0) is 12.1 Å². The van der Waals surface area contributed by atoms with Crippen molar-refractivity contribution in [3.05, 3.63) is 47.0 Å². The number of nitriles is 2. The van der Waals surface area contributed by atoms with Crippen LogP contribution in [0.25, 0.3) is 33.4 Å². The molecule has 2 aromatic heterocycles. The highest BCUT2D eigenvalue weighted by molar-refractivity contribution is 5.89. The summed E-state index contributed by atoms with van der Waals surface area (Å²) in [5.74, 6) is -2.06. The molecule has 0 N–H and O–H groups in total. The predicted octanol–water partition coefficient (Wildman–Crippen LogP) is 2.75. The van der Waals surface area contributed by atoms with Crippen LogP contribution in [0.5, 0.6) is 0 Å². The van der Waals surface area contributed by atoms with Gasteiger partial charge in [0.15, 0.2) is 22.9 Å². The maximum atomic E-state index is 13.3. The maximum absolute atomic E-state index is 13.3. The first-order valence-electron chi connectivity index (χ1n) is 6.67. The second-order valence-electron chi connectivity index (χ2n) is 4.96. The van der Waals surface area contributed by atoms with Crippen molar-refractivity contribution in [2.24, 2.45) is 0 Å². The van der Waals surface area contributed by atoms with Crippen molar-refractivity contribution in [2.45, 2.75) is 0 Å². The normalized spacial score (nSPS) is 10.8. The largest absolute Gasteiger partial charge is 0.224 e. The SMILES string of the molecule is N#Cc1cc2nc3nc4cc(F)c(F)cc4nc3nc2cc1C#N. The second-order valence-corrected chi connectivity index (χ2v) is 4.96. The Morgan fingerprint density at radius 3 is 1.29 bits per heavy atom. The molecule has 0 bridgehead atoms. The van der Waals surface area contributed by atoms with E-state index in [9.17, 15) is 8.78 Å².